The highest BCUT2D eigenvalue weighted by Gasteiger charge is 2.22. The van der Waals surface area contributed by atoms with Gasteiger partial charge in [-0.15, -0.1) is 0 Å². The van der Waals surface area contributed by atoms with Crippen molar-refractivity contribution in [3.63, 3.8) is 0 Å². The Hall–Kier alpha value is -1.82. The lowest BCUT2D eigenvalue weighted by Crippen LogP contribution is -2.40. The fourth-order valence-corrected chi connectivity index (χ4v) is 2.84. The first-order valence-corrected chi connectivity index (χ1v) is 7.64. The van der Waals surface area contributed by atoms with Crippen LogP contribution in [0.15, 0.2) is 12.1 Å². The van der Waals surface area contributed by atoms with Crippen molar-refractivity contribution in [3.05, 3.63) is 29.1 Å². The van der Waals surface area contributed by atoms with E-state index in [-0.39, 0.29) is 25.2 Å². The highest BCUT2D eigenvalue weighted by atomic mass is 19.1. The summed E-state index contributed by atoms with van der Waals surface area (Å²) in [5, 5.41) is 2.83. The minimum absolute atomic E-state index is 0.142. The lowest BCUT2D eigenvalue weighted by molar-refractivity contribution is -0.0173. The van der Waals surface area contributed by atoms with Crippen molar-refractivity contribution in [2.24, 2.45) is 5.92 Å². The number of rotatable bonds is 4. The molecular formula is C16H21FN2O3. The van der Waals surface area contributed by atoms with E-state index >= 15 is 0 Å². The van der Waals surface area contributed by atoms with Gasteiger partial charge in [0.05, 0.1) is 6.61 Å². The van der Waals surface area contributed by atoms with E-state index in [4.69, 9.17) is 9.47 Å². The molecule has 1 aliphatic heterocycles. The smallest absolute Gasteiger partial charge is 0.317 e. The van der Waals surface area contributed by atoms with Gasteiger partial charge in [-0.1, -0.05) is 6.42 Å². The molecule has 0 radical (unpaired) electrons. The molecular weight excluding hydrogens is 287 g/mol. The van der Waals surface area contributed by atoms with Crippen LogP contribution in [-0.4, -0.2) is 31.3 Å². The second kappa shape index (κ2) is 6.52. The molecule has 1 aliphatic carbocycles. The number of fused-ring (bicyclic) bond motifs is 1. The van der Waals surface area contributed by atoms with Gasteiger partial charge in [0, 0.05) is 31.3 Å². The van der Waals surface area contributed by atoms with Crippen molar-refractivity contribution in [2.45, 2.75) is 32.4 Å². The molecule has 0 atom stereocenters. The number of nitrogens with zero attached hydrogens (tertiary/aromatic N) is 1. The second-order valence-corrected chi connectivity index (χ2v) is 6.00. The predicted octanol–water partition coefficient (Wildman–Crippen LogP) is 2.63. The summed E-state index contributed by atoms with van der Waals surface area (Å²) >= 11 is 0. The SMILES string of the molecule is CN(CC1CCC1)C(=O)NCc1cc(F)cc2c1OCOC2. The topological polar surface area (TPSA) is 50.8 Å². The van der Waals surface area contributed by atoms with Crippen molar-refractivity contribution in [2.75, 3.05) is 20.4 Å². The maximum Gasteiger partial charge on any atom is 0.317 e. The van der Waals surface area contributed by atoms with Crippen LogP contribution in [0.2, 0.25) is 0 Å². The third kappa shape index (κ3) is 3.32. The van der Waals surface area contributed by atoms with Crippen molar-refractivity contribution in [3.8, 4) is 5.75 Å². The lowest BCUT2D eigenvalue weighted by atomic mass is 9.85. The Morgan fingerprint density at radius 2 is 2.27 bits per heavy atom. The molecule has 1 aromatic rings. The van der Waals surface area contributed by atoms with Gasteiger partial charge in [0.2, 0.25) is 0 Å². The highest BCUT2D eigenvalue weighted by molar-refractivity contribution is 5.74. The average Bonchev–Trinajstić information content (AvgIpc) is 2.47. The second-order valence-electron chi connectivity index (χ2n) is 6.00. The average molecular weight is 308 g/mol. The van der Waals surface area contributed by atoms with Gasteiger partial charge >= 0.3 is 6.03 Å². The monoisotopic (exact) mass is 308 g/mol. The molecule has 6 heteroatoms. The molecule has 1 fully saturated rings. The van der Waals surface area contributed by atoms with Gasteiger partial charge in [0.1, 0.15) is 11.6 Å². The third-order valence-corrected chi connectivity index (χ3v) is 4.29. The van der Waals surface area contributed by atoms with Gasteiger partial charge in [-0.25, -0.2) is 9.18 Å². The summed E-state index contributed by atoms with van der Waals surface area (Å²) in [5.74, 6) is 0.896. The molecule has 3 rings (SSSR count). The zero-order valence-electron chi connectivity index (χ0n) is 12.7. The van der Waals surface area contributed by atoms with Crippen molar-refractivity contribution < 1.29 is 18.7 Å². The number of hydrogen-bond acceptors (Lipinski definition) is 3. The Labute approximate surface area is 129 Å². The number of halogens is 1. The van der Waals surface area contributed by atoms with Crippen LogP contribution in [0.1, 0.15) is 30.4 Å². The highest BCUT2D eigenvalue weighted by Crippen LogP contribution is 2.29. The summed E-state index contributed by atoms with van der Waals surface area (Å²) < 4.78 is 24.2. The molecule has 1 N–H and O–H groups in total. The maximum atomic E-state index is 13.6. The van der Waals surface area contributed by atoms with E-state index in [0.29, 0.717) is 29.4 Å². The first kappa shape index (κ1) is 15.1. The Bertz CT molecular complexity index is 561. The lowest BCUT2D eigenvalue weighted by Gasteiger charge is -2.30. The fourth-order valence-electron chi connectivity index (χ4n) is 2.84. The fraction of sp³-hybridized carbons (Fsp3) is 0.562. The predicted molar refractivity (Wildman–Crippen MR) is 78.9 cm³/mol. The molecule has 120 valence electrons. The largest absolute Gasteiger partial charge is 0.467 e. The van der Waals surface area contributed by atoms with Gasteiger partial charge in [-0.05, 0) is 30.9 Å². The molecule has 0 saturated heterocycles. The van der Waals surface area contributed by atoms with Gasteiger partial charge < -0.3 is 19.7 Å². The van der Waals surface area contributed by atoms with E-state index in [1.54, 1.807) is 11.9 Å². The summed E-state index contributed by atoms with van der Waals surface area (Å²) in [4.78, 5) is 13.8. The molecule has 1 saturated carbocycles. The van der Waals surface area contributed by atoms with E-state index in [1.807, 2.05) is 0 Å². The Morgan fingerprint density at radius 1 is 1.45 bits per heavy atom. The standard InChI is InChI=1S/C16H21FN2O3/c1-19(8-11-3-2-4-11)16(20)18-7-12-5-14(17)6-13-9-21-10-22-15(12)13/h5-6,11H,2-4,7-10H2,1H3,(H,18,20). The van der Waals surface area contributed by atoms with E-state index in [0.717, 1.165) is 6.54 Å². The molecule has 1 aromatic carbocycles. The Kier molecular flexibility index (Phi) is 4.47. The van der Waals surface area contributed by atoms with Crippen LogP contribution in [0, 0.1) is 11.7 Å². The number of benzene rings is 1. The van der Waals surface area contributed by atoms with Gasteiger partial charge in [-0.2, -0.15) is 0 Å². The maximum absolute atomic E-state index is 13.6. The molecule has 0 aromatic heterocycles. The van der Waals surface area contributed by atoms with Crippen LogP contribution < -0.4 is 10.1 Å². The van der Waals surface area contributed by atoms with Gasteiger partial charge in [-0.3, -0.25) is 0 Å². The number of carbonyl (C=O) groups is 1. The number of urea groups is 1. The zero-order chi connectivity index (χ0) is 15.5. The molecule has 2 aliphatic rings. The van der Waals surface area contributed by atoms with Crippen molar-refractivity contribution in [1.82, 2.24) is 10.2 Å². The van der Waals surface area contributed by atoms with E-state index in [9.17, 15) is 9.18 Å². The van der Waals surface area contributed by atoms with Crippen LogP contribution in [-0.2, 0) is 17.9 Å². The first-order chi connectivity index (χ1) is 10.6. The molecule has 0 spiro atoms. The minimum Gasteiger partial charge on any atom is -0.467 e. The summed E-state index contributed by atoms with van der Waals surface area (Å²) in [6.07, 6.45) is 3.65. The normalized spacial score (nSPS) is 17.2. The van der Waals surface area contributed by atoms with Crippen LogP contribution in [0.4, 0.5) is 9.18 Å². The summed E-state index contributed by atoms with van der Waals surface area (Å²) in [5.41, 5.74) is 1.32. The molecule has 1 heterocycles. The summed E-state index contributed by atoms with van der Waals surface area (Å²) in [7, 11) is 1.79. The minimum atomic E-state index is -0.347. The van der Waals surface area contributed by atoms with Crippen molar-refractivity contribution >= 4 is 6.03 Å². The van der Waals surface area contributed by atoms with E-state index < -0.39 is 0 Å². The third-order valence-electron chi connectivity index (χ3n) is 4.29. The molecule has 5 nitrogen and oxygen atoms in total. The van der Waals surface area contributed by atoms with Crippen LogP contribution in [0.5, 0.6) is 5.75 Å². The van der Waals surface area contributed by atoms with Crippen LogP contribution in [0.25, 0.3) is 0 Å². The van der Waals surface area contributed by atoms with Crippen LogP contribution >= 0.6 is 0 Å². The Balaban J connectivity index is 1.60. The van der Waals surface area contributed by atoms with Gasteiger partial charge in [0.15, 0.2) is 6.79 Å². The zero-order valence-corrected chi connectivity index (χ0v) is 12.7. The van der Waals surface area contributed by atoms with Crippen molar-refractivity contribution in [1.29, 1.82) is 0 Å². The first-order valence-electron chi connectivity index (χ1n) is 7.64. The number of ether oxygens (including phenoxy) is 2. The Morgan fingerprint density at radius 3 is 3.00 bits per heavy atom. The molecule has 2 amide bonds. The summed E-state index contributed by atoms with van der Waals surface area (Å²) in [6.45, 7) is 1.50. The molecule has 22 heavy (non-hydrogen) atoms. The number of hydrogen-bond donors (Lipinski definition) is 1. The quantitative estimate of drug-likeness (QED) is 0.930. The van der Waals surface area contributed by atoms with E-state index in [2.05, 4.69) is 5.32 Å². The van der Waals surface area contributed by atoms with E-state index in [1.165, 1.54) is 31.4 Å². The number of carbonyl (C=O) groups excluding carboxylic acids is 1. The number of amides is 2. The molecule has 0 unspecified atom stereocenters. The van der Waals surface area contributed by atoms with Crippen LogP contribution in [0.3, 0.4) is 0 Å². The van der Waals surface area contributed by atoms with Gasteiger partial charge in [0.25, 0.3) is 0 Å². The number of nitrogens with one attached hydrogen (secondary N) is 1. The molecule has 0 bridgehead atoms. The summed E-state index contributed by atoms with van der Waals surface area (Å²) in [6, 6.07) is 2.66.